The Hall–Kier alpha value is -2.30. The van der Waals surface area contributed by atoms with Crippen LogP contribution in [0.2, 0.25) is 0 Å². The number of amides is 1. The van der Waals surface area contributed by atoms with E-state index in [1.807, 2.05) is 32.0 Å². The van der Waals surface area contributed by atoms with Crippen molar-refractivity contribution in [3.63, 3.8) is 0 Å². The molecule has 0 aromatic carbocycles. The average molecular weight is 284 g/mol. The molecule has 5 heteroatoms. The maximum Gasteiger partial charge on any atom is 0.256 e. The van der Waals surface area contributed by atoms with Gasteiger partial charge in [-0.15, -0.1) is 0 Å². The summed E-state index contributed by atoms with van der Waals surface area (Å²) in [5.41, 5.74) is 1.49. The number of hydrogen-bond acceptors (Lipinski definition) is 4. The van der Waals surface area contributed by atoms with Gasteiger partial charge in [-0.1, -0.05) is 19.9 Å². The Morgan fingerprint density at radius 1 is 1.19 bits per heavy atom. The fourth-order valence-electron chi connectivity index (χ4n) is 1.90. The number of nitrogens with zero attached hydrogens (tertiary/aromatic N) is 4. The van der Waals surface area contributed by atoms with Gasteiger partial charge in [-0.3, -0.25) is 9.78 Å². The third-order valence-electron chi connectivity index (χ3n) is 3.21. The van der Waals surface area contributed by atoms with Crippen LogP contribution < -0.4 is 0 Å². The summed E-state index contributed by atoms with van der Waals surface area (Å²) in [6, 6.07) is 5.79. The Bertz CT molecular complexity index is 581. The van der Waals surface area contributed by atoms with Gasteiger partial charge < -0.3 is 4.90 Å². The second-order valence-corrected chi connectivity index (χ2v) is 5.28. The van der Waals surface area contributed by atoms with E-state index in [0.717, 1.165) is 17.9 Å². The lowest BCUT2D eigenvalue weighted by molar-refractivity contribution is 0.0795. The minimum atomic E-state index is -0.0683. The highest BCUT2D eigenvalue weighted by atomic mass is 16.2. The molecule has 0 N–H and O–H groups in total. The molecule has 0 saturated heterocycles. The minimum Gasteiger partial charge on any atom is -0.341 e. The van der Waals surface area contributed by atoms with Gasteiger partial charge in [-0.25, -0.2) is 9.97 Å². The van der Waals surface area contributed by atoms with Crippen LogP contribution in [0.4, 0.5) is 0 Å². The van der Waals surface area contributed by atoms with Crippen molar-refractivity contribution < 1.29 is 4.79 Å². The van der Waals surface area contributed by atoms with Crippen molar-refractivity contribution in [2.75, 3.05) is 13.6 Å². The van der Waals surface area contributed by atoms with Crippen molar-refractivity contribution in [2.45, 2.75) is 26.2 Å². The zero-order chi connectivity index (χ0) is 15.2. The molecule has 0 aliphatic heterocycles. The van der Waals surface area contributed by atoms with Crippen LogP contribution in [0.3, 0.4) is 0 Å². The third-order valence-corrected chi connectivity index (χ3v) is 3.21. The second-order valence-electron chi connectivity index (χ2n) is 5.28. The molecule has 2 heterocycles. The number of carbonyl (C=O) groups excluding carboxylic acids is 1. The Kier molecular flexibility index (Phi) is 4.98. The predicted molar refractivity (Wildman–Crippen MR) is 81.0 cm³/mol. The lowest BCUT2D eigenvalue weighted by Gasteiger charge is -2.16. The van der Waals surface area contributed by atoms with Crippen LogP contribution >= 0.6 is 0 Å². The average Bonchev–Trinajstić information content (AvgIpc) is 2.53. The number of hydrogen-bond donors (Lipinski definition) is 0. The summed E-state index contributed by atoms with van der Waals surface area (Å²) in [6.07, 6.45) is 5.69. The molecule has 2 rings (SSSR count). The molecule has 2 aromatic heterocycles. The summed E-state index contributed by atoms with van der Waals surface area (Å²) >= 11 is 0. The van der Waals surface area contributed by atoms with Crippen molar-refractivity contribution >= 4 is 5.91 Å². The largest absolute Gasteiger partial charge is 0.341 e. The van der Waals surface area contributed by atoms with Crippen LogP contribution in [-0.4, -0.2) is 39.4 Å². The summed E-state index contributed by atoms with van der Waals surface area (Å²) in [5, 5.41) is 0. The van der Waals surface area contributed by atoms with Crippen molar-refractivity contribution in [2.24, 2.45) is 0 Å². The zero-order valence-corrected chi connectivity index (χ0v) is 12.7. The molecule has 0 fully saturated rings. The van der Waals surface area contributed by atoms with Gasteiger partial charge >= 0.3 is 0 Å². The summed E-state index contributed by atoms with van der Waals surface area (Å²) in [6.45, 7) is 4.66. The van der Waals surface area contributed by atoms with Gasteiger partial charge in [0.1, 0.15) is 5.82 Å². The highest BCUT2D eigenvalue weighted by molar-refractivity contribution is 5.93. The molecule has 21 heavy (non-hydrogen) atoms. The highest BCUT2D eigenvalue weighted by Gasteiger charge is 2.13. The molecule has 1 amide bonds. The van der Waals surface area contributed by atoms with Gasteiger partial charge in [-0.05, 0) is 12.1 Å². The molecule has 0 radical (unpaired) electrons. The molecule has 0 atom stereocenters. The van der Waals surface area contributed by atoms with Crippen LogP contribution in [-0.2, 0) is 6.42 Å². The van der Waals surface area contributed by atoms with Gasteiger partial charge in [0.25, 0.3) is 5.91 Å². The fraction of sp³-hybridized carbons (Fsp3) is 0.375. The van der Waals surface area contributed by atoms with E-state index in [1.54, 1.807) is 30.5 Å². The molecule has 0 unspecified atom stereocenters. The predicted octanol–water partition coefficient (Wildman–Crippen LogP) is 2.31. The third kappa shape index (κ3) is 4.08. The summed E-state index contributed by atoms with van der Waals surface area (Å²) < 4.78 is 0. The van der Waals surface area contributed by atoms with E-state index in [-0.39, 0.29) is 11.8 Å². The van der Waals surface area contributed by atoms with E-state index in [0.29, 0.717) is 12.1 Å². The summed E-state index contributed by atoms with van der Waals surface area (Å²) in [5.74, 6) is 0.944. The lowest BCUT2D eigenvalue weighted by Crippen LogP contribution is -2.29. The standard InChI is InChI=1S/C16H20N4O/c1-12(2)15-18-10-13(11-19-15)16(21)20(3)9-7-14-6-4-5-8-17-14/h4-6,8,10-12H,7,9H2,1-3H3. The maximum absolute atomic E-state index is 12.3. The monoisotopic (exact) mass is 284 g/mol. The van der Waals surface area contributed by atoms with Crippen LogP contribution in [0.25, 0.3) is 0 Å². The molecule has 0 bridgehead atoms. The molecular weight excluding hydrogens is 264 g/mol. The fourth-order valence-corrected chi connectivity index (χ4v) is 1.90. The normalized spacial score (nSPS) is 10.7. The van der Waals surface area contributed by atoms with Crippen molar-refractivity contribution in [3.8, 4) is 0 Å². The van der Waals surface area contributed by atoms with E-state index in [9.17, 15) is 4.79 Å². The van der Waals surface area contributed by atoms with Crippen LogP contribution in [0.5, 0.6) is 0 Å². The molecule has 0 aliphatic carbocycles. The Morgan fingerprint density at radius 3 is 2.48 bits per heavy atom. The van der Waals surface area contributed by atoms with Gasteiger partial charge in [0.2, 0.25) is 0 Å². The van der Waals surface area contributed by atoms with Gasteiger partial charge in [0.15, 0.2) is 0 Å². The SMILES string of the molecule is CC(C)c1ncc(C(=O)N(C)CCc2ccccn2)cn1. The Morgan fingerprint density at radius 2 is 1.90 bits per heavy atom. The molecule has 0 aliphatic rings. The van der Waals surface area contributed by atoms with E-state index in [4.69, 9.17) is 0 Å². The highest BCUT2D eigenvalue weighted by Crippen LogP contribution is 2.09. The van der Waals surface area contributed by atoms with E-state index in [1.165, 1.54) is 0 Å². The van der Waals surface area contributed by atoms with Crippen molar-refractivity contribution in [1.82, 2.24) is 19.9 Å². The first kappa shape index (κ1) is 15.1. The maximum atomic E-state index is 12.3. The minimum absolute atomic E-state index is 0.0683. The van der Waals surface area contributed by atoms with E-state index >= 15 is 0 Å². The number of carbonyl (C=O) groups is 1. The second kappa shape index (κ2) is 6.92. The molecule has 110 valence electrons. The van der Waals surface area contributed by atoms with E-state index in [2.05, 4.69) is 15.0 Å². The van der Waals surface area contributed by atoms with Crippen LogP contribution in [0.15, 0.2) is 36.8 Å². The first-order valence-corrected chi connectivity index (χ1v) is 7.05. The smallest absolute Gasteiger partial charge is 0.256 e. The molecule has 5 nitrogen and oxygen atoms in total. The molecular formula is C16H20N4O. The first-order valence-electron chi connectivity index (χ1n) is 7.05. The Labute approximate surface area is 125 Å². The van der Waals surface area contributed by atoms with Gasteiger partial charge in [0, 0.05) is 50.2 Å². The zero-order valence-electron chi connectivity index (χ0n) is 12.7. The number of pyridine rings is 1. The van der Waals surface area contributed by atoms with Crippen molar-refractivity contribution in [1.29, 1.82) is 0 Å². The first-order chi connectivity index (χ1) is 10.1. The van der Waals surface area contributed by atoms with Gasteiger partial charge in [0.05, 0.1) is 5.56 Å². The Balaban J connectivity index is 1.95. The van der Waals surface area contributed by atoms with E-state index < -0.39 is 0 Å². The van der Waals surface area contributed by atoms with Crippen LogP contribution in [0.1, 0.15) is 41.6 Å². The van der Waals surface area contributed by atoms with Crippen LogP contribution in [0, 0.1) is 0 Å². The summed E-state index contributed by atoms with van der Waals surface area (Å²) in [7, 11) is 1.78. The quantitative estimate of drug-likeness (QED) is 0.845. The number of rotatable bonds is 5. The van der Waals surface area contributed by atoms with Gasteiger partial charge in [-0.2, -0.15) is 0 Å². The molecule has 2 aromatic rings. The lowest BCUT2D eigenvalue weighted by atomic mass is 10.2. The van der Waals surface area contributed by atoms with Crippen molar-refractivity contribution in [3.05, 3.63) is 53.9 Å². The summed E-state index contributed by atoms with van der Waals surface area (Å²) in [4.78, 5) is 26.7. The topological polar surface area (TPSA) is 59.0 Å². The molecule has 0 spiro atoms. The number of aromatic nitrogens is 3. The molecule has 0 saturated carbocycles. The number of likely N-dealkylation sites (N-methyl/N-ethyl adjacent to an activating group) is 1.